The molecule has 79 heavy (non-hydrogen) atoms. The van der Waals surface area contributed by atoms with E-state index in [1.807, 2.05) is 88.7 Å². The molecule has 418 valence electrons. The zero-order valence-corrected chi connectivity index (χ0v) is 46.9. The highest BCUT2D eigenvalue weighted by Gasteiger charge is 2.45. The van der Waals surface area contributed by atoms with Crippen LogP contribution in [0.25, 0.3) is 43.2 Å². The Hall–Kier alpha value is -6.53. The number of aryl methyl sites for hydroxylation is 1. The fraction of sp³-hybridized carbons (Fsp3) is 0.475. The van der Waals surface area contributed by atoms with E-state index in [0.29, 0.717) is 42.8 Å². The summed E-state index contributed by atoms with van der Waals surface area (Å²) in [5, 5.41) is 38.7. The average Bonchev–Trinajstić information content (AvgIpc) is 4.21. The minimum Gasteiger partial charge on any atom is -0.508 e. The molecule has 0 saturated carbocycles. The Kier molecular flexibility index (Phi) is 18.3. The van der Waals surface area contributed by atoms with Crippen LogP contribution in [0, 0.1) is 35.4 Å². The number of carbonyl (C=O) groups excluding carboxylic acids is 3. The predicted octanol–water partition coefficient (Wildman–Crippen LogP) is 8.76. The molecule has 3 aliphatic heterocycles. The van der Waals surface area contributed by atoms with Crippen molar-refractivity contribution in [2.24, 2.45) is 11.3 Å². The van der Waals surface area contributed by atoms with Gasteiger partial charge in [-0.15, -0.1) is 11.3 Å². The van der Waals surface area contributed by atoms with Crippen molar-refractivity contribution in [3.63, 3.8) is 0 Å². The van der Waals surface area contributed by atoms with Crippen LogP contribution in [0.4, 0.5) is 10.2 Å². The molecule has 5 heterocycles. The number of piperidine rings is 2. The van der Waals surface area contributed by atoms with Crippen LogP contribution in [-0.2, 0) is 23.9 Å². The van der Waals surface area contributed by atoms with E-state index >= 15 is 4.39 Å². The zero-order chi connectivity index (χ0) is 56.0. The van der Waals surface area contributed by atoms with Crippen molar-refractivity contribution in [1.82, 2.24) is 35.4 Å². The van der Waals surface area contributed by atoms with Crippen LogP contribution in [0.3, 0.4) is 0 Å². The van der Waals surface area contributed by atoms with Crippen molar-refractivity contribution >= 4 is 68.2 Å². The highest BCUT2D eigenvalue weighted by atomic mass is 35.5. The molecule has 5 atom stereocenters. The standard InChI is InChI=1S/C59H69ClFN9O8S/c1-35(38-12-14-39(15-13-38)53-36(2)63-34-79-53)64-56(74)48-29-42(72)32-70(48)57(75)54(59(3,4)5)65-49(73)33-76-25-26-77-43-17-21-68(22-18-43)23-24-78-58-66-52-46(55(67-58)69-20-8-9-37(31-69)16-19-62)30-47(60)50(51(52)61)45-28-41(71)27-40-10-6-7-11-44(40)45/h6-7,10-15,27-28,30,34-35,37,42-43,48,54,71-72H,8-9,16-18,20-26,29,31-33H2,1-5H3,(H,64,74)(H,65,73)/t35-,37-,42+,48-,54+/m0/s1. The lowest BCUT2D eigenvalue weighted by Gasteiger charge is -2.35. The molecule has 4 N–H and O–H groups in total. The van der Waals surface area contributed by atoms with Gasteiger partial charge in [0.2, 0.25) is 17.7 Å². The number of nitrogens with zero attached hydrogens (tertiary/aromatic N) is 7. The number of halogens is 2. The van der Waals surface area contributed by atoms with Gasteiger partial charge >= 0.3 is 6.01 Å². The smallest absolute Gasteiger partial charge is 0.319 e. The highest BCUT2D eigenvalue weighted by Crippen LogP contribution is 2.43. The molecule has 17 nitrogen and oxygen atoms in total. The number of phenols is 1. The Balaban J connectivity index is 0.741. The second kappa shape index (κ2) is 25.3. The number of likely N-dealkylation sites (tertiary alicyclic amines) is 2. The third-order valence-corrected chi connectivity index (χ3v) is 16.5. The highest BCUT2D eigenvalue weighted by molar-refractivity contribution is 7.13. The summed E-state index contributed by atoms with van der Waals surface area (Å²) in [6.45, 7) is 12.9. The maximum absolute atomic E-state index is 17.1. The largest absolute Gasteiger partial charge is 0.508 e. The quantitative estimate of drug-likeness (QED) is 0.0558. The Morgan fingerprint density at radius 2 is 1.75 bits per heavy atom. The summed E-state index contributed by atoms with van der Waals surface area (Å²) in [6.07, 6.45) is 2.82. The summed E-state index contributed by atoms with van der Waals surface area (Å²) >= 11 is 8.49. The van der Waals surface area contributed by atoms with Crippen molar-refractivity contribution in [2.75, 3.05) is 70.6 Å². The molecule has 3 saturated heterocycles. The number of benzene rings is 4. The lowest BCUT2D eigenvalue weighted by Crippen LogP contribution is -2.58. The second-order valence-electron chi connectivity index (χ2n) is 22.0. The first-order valence-electron chi connectivity index (χ1n) is 27.1. The minimum atomic E-state index is -0.994. The maximum Gasteiger partial charge on any atom is 0.319 e. The normalized spacial score (nSPS) is 19.1. The van der Waals surface area contributed by atoms with E-state index in [0.717, 1.165) is 71.2 Å². The number of fused-ring (bicyclic) bond motifs is 2. The number of anilines is 1. The van der Waals surface area contributed by atoms with Crippen molar-refractivity contribution in [2.45, 2.75) is 103 Å². The number of aliphatic hydroxyl groups excluding tert-OH is 1. The number of nitrogens with one attached hydrogen (secondary N) is 2. The number of amides is 3. The predicted molar refractivity (Wildman–Crippen MR) is 302 cm³/mol. The number of thiazole rings is 1. The number of aliphatic hydroxyl groups is 1. The monoisotopic (exact) mass is 1120 g/mol. The number of phenolic OH excluding ortho intramolecular Hbond substituents is 1. The lowest BCUT2D eigenvalue weighted by atomic mass is 9.85. The number of aromatic nitrogens is 3. The van der Waals surface area contributed by atoms with Crippen LogP contribution in [0.5, 0.6) is 11.8 Å². The number of nitriles is 1. The third kappa shape index (κ3) is 13.6. The first-order chi connectivity index (χ1) is 37.9. The molecule has 0 unspecified atom stereocenters. The molecule has 3 fully saturated rings. The molecular weight excluding hydrogens is 1050 g/mol. The zero-order valence-electron chi connectivity index (χ0n) is 45.3. The van der Waals surface area contributed by atoms with Crippen LogP contribution >= 0.6 is 22.9 Å². The Morgan fingerprint density at radius 1 is 0.975 bits per heavy atom. The summed E-state index contributed by atoms with van der Waals surface area (Å²) in [5.41, 5.74) is 4.56. The van der Waals surface area contributed by atoms with Crippen molar-refractivity contribution in [3.05, 3.63) is 94.3 Å². The number of aromatic hydroxyl groups is 1. The molecule has 3 amide bonds. The molecule has 0 spiro atoms. The van der Waals surface area contributed by atoms with Crippen LogP contribution in [-0.4, -0.2) is 143 Å². The molecule has 4 aromatic carbocycles. The SMILES string of the molecule is Cc1ncsc1-c1ccc([C@H](C)NC(=O)[C@@H]2C[C@@H](O)CN2C(=O)[C@@H](NC(=O)COCCOC2CCN(CCOc3nc(N4CCC[C@@H](CC#N)C4)c4cc(Cl)c(-c5cc(O)cc6ccccc56)c(F)c4n3)CC2)C(C)(C)C)cc1. The summed E-state index contributed by atoms with van der Waals surface area (Å²) in [6, 6.07) is 20.2. The molecule has 0 aliphatic carbocycles. The summed E-state index contributed by atoms with van der Waals surface area (Å²) in [7, 11) is 0. The molecule has 20 heteroatoms. The van der Waals surface area contributed by atoms with Crippen molar-refractivity contribution < 1.29 is 43.2 Å². The number of ether oxygens (including phenoxy) is 3. The molecule has 9 rings (SSSR count). The molecule has 2 aromatic heterocycles. The van der Waals surface area contributed by atoms with Gasteiger partial charge in [0.05, 0.1) is 58.6 Å². The van der Waals surface area contributed by atoms with Crippen molar-refractivity contribution in [3.8, 4) is 39.4 Å². The Morgan fingerprint density at radius 3 is 2.48 bits per heavy atom. The van der Waals surface area contributed by atoms with Gasteiger partial charge in [0.25, 0.3) is 0 Å². The topological polar surface area (TPSA) is 216 Å². The molecule has 0 radical (unpaired) electrons. The Bertz CT molecular complexity index is 3200. The van der Waals surface area contributed by atoms with Gasteiger partial charge < -0.3 is 44.9 Å². The fourth-order valence-electron chi connectivity index (χ4n) is 11.0. The van der Waals surface area contributed by atoms with Crippen LogP contribution in [0.2, 0.25) is 5.02 Å². The van der Waals surface area contributed by atoms with E-state index in [2.05, 4.69) is 36.5 Å². The summed E-state index contributed by atoms with van der Waals surface area (Å²) in [4.78, 5) is 61.8. The molecule has 6 aromatic rings. The van der Waals surface area contributed by atoms with Gasteiger partial charge in [-0.05, 0) is 96.5 Å². The minimum absolute atomic E-state index is 0.0195. The molecule has 3 aliphatic rings. The second-order valence-corrected chi connectivity index (χ2v) is 23.3. The summed E-state index contributed by atoms with van der Waals surface area (Å²) in [5.74, 6) is -1.39. The number of β-amino-alcohol motifs (C(OH)–C–C–N with tert-alkyl or cyclic N) is 1. The van der Waals surface area contributed by atoms with E-state index in [4.69, 9.17) is 30.8 Å². The van der Waals surface area contributed by atoms with E-state index in [1.165, 1.54) is 11.0 Å². The van der Waals surface area contributed by atoms with Crippen LogP contribution < -0.4 is 20.3 Å². The third-order valence-electron chi connectivity index (χ3n) is 15.2. The number of carbonyl (C=O) groups is 3. The molecular formula is C59H69ClFN9O8S. The first kappa shape index (κ1) is 57.2. The van der Waals surface area contributed by atoms with Gasteiger partial charge in [-0.3, -0.25) is 19.3 Å². The van der Waals surface area contributed by atoms with E-state index in [9.17, 15) is 29.9 Å². The van der Waals surface area contributed by atoms with Gasteiger partial charge in [-0.25, -0.2) is 9.37 Å². The Labute approximate surface area is 469 Å². The lowest BCUT2D eigenvalue weighted by molar-refractivity contribution is -0.144. The number of rotatable bonds is 19. The van der Waals surface area contributed by atoms with Gasteiger partial charge in [0.15, 0.2) is 5.82 Å². The van der Waals surface area contributed by atoms with Gasteiger partial charge in [0, 0.05) is 63.1 Å². The average molecular weight is 1120 g/mol. The van der Waals surface area contributed by atoms with E-state index in [1.54, 1.807) is 23.5 Å². The summed E-state index contributed by atoms with van der Waals surface area (Å²) < 4.78 is 35.1. The van der Waals surface area contributed by atoms with Crippen LogP contribution in [0.15, 0.2) is 72.2 Å². The van der Waals surface area contributed by atoms with Crippen molar-refractivity contribution in [1.29, 1.82) is 5.26 Å². The van der Waals surface area contributed by atoms with Gasteiger partial charge in [-0.2, -0.15) is 15.2 Å². The molecule has 0 bridgehead atoms. The maximum atomic E-state index is 17.1. The number of hydrogen-bond donors (Lipinski definition) is 4. The van der Waals surface area contributed by atoms with E-state index < -0.39 is 41.2 Å². The van der Waals surface area contributed by atoms with E-state index in [-0.39, 0.29) is 91.2 Å². The first-order valence-corrected chi connectivity index (χ1v) is 28.4. The fourth-order valence-corrected chi connectivity index (χ4v) is 12.1. The number of hydrogen-bond acceptors (Lipinski definition) is 15. The van der Waals surface area contributed by atoms with Crippen LogP contribution in [0.1, 0.15) is 83.5 Å². The van der Waals surface area contributed by atoms with Gasteiger partial charge in [0.1, 0.15) is 42.4 Å². The van der Waals surface area contributed by atoms with Gasteiger partial charge in [-0.1, -0.05) is 80.9 Å².